The summed E-state index contributed by atoms with van der Waals surface area (Å²) >= 11 is 0. The Labute approximate surface area is 93.4 Å². The summed E-state index contributed by atoms with van der Waals surface area (Å²) in [6.45, 7) is 0. The van der Waals surface area contributed by atoms with E-state index in [9.17, 15) is 4.21 Å². The van der Waals surface area contributed by atoms with E-state index in [4.69, 9.17) is 4.78 Å². The lowest BCUT2D eigenvalue weighted by atomic mass is 10.3. The van der Waals surface area contributed by atoms with Crippen LogP contribution in [-0.2, 0) is 9.73 Å². The third-order valence-corrected chi connectivity index (χ3v) is 3.08. The normalized spacial score (nSPS) is 17.4. The number of anilines is 1. The van der Waals surface area contributed by atoms with E-state index >= 15 is 0 Å². The minimum absolute atomic E-state index is 0.379. The number of benzene rings is 1. The van der Waals surface area contributed by atoms with Gasteiger partial charge in [0, 0.05) is 16.8 Å². The Morgan fingerprint density at radius 3 is 2.88 bits per heavy atom. The van der Waals surface area contributed by atoms with Crippen molar-refractivity contribution in [3.05, 3.63) is 24.3 Å². The van der Waals surface area contributed by atoms with Crippen LogP contribution in [0.25, 0.3) is 0 Å². The largest absolute Gasteiger partial charge is 0.323 e. The van der Waals surface area contributed by atoms with E-state index in [-0.39, 0.29) is 0 Å². The van der Waals surface area contributed by atoms with Crippen molar-refractivity contribution in [2.45, 2.75) is 4.90 Å². The smallest absolute Gasteiger partial charge is 0.248 e. The lowest BCUT2D eigenvalue weighted by molar-refractivity contribution is 0.679. The summed E-state index contributed by atoms with van der Waals surface area (Å²) in [6, 6.07) is 6.81. The topological polar surface area (TPSA) is 91.8 Å². The predicted octanol–water partition coefficient (Wildman–Crippen LogP) is 1.05. The first-order valence-corrected chi connectivity index (χ1v) is 6.43. The van der Waals surface area contributed by atoms with Crippen LogP contribution in [0.4, 0.5) is 5.69 Å². The second-order valence-corrected chi connectivity index (χ2v) is 5.44. The highest BCUT2D eigenvalue weighted by Gasteiger charge is 2.07. The molecule has 0 saturated carbocycles. The fourth-order valence-corrected chi connectivity index (χ4v) is 1.88. The lowest BCUT2D eigenvalue weighted by Gasteiger charge is -2.06. The van der Waals surface area contributed by atoms with Gasteiger partial charge < -0.3 is 5.32 Å². The maximum Gasteiger partial charge on any atom is 0.248 e. The highest BCUT2D eigenvalue weighted by atomic mass is 32.2. The van der Waals surface area contributed by atoms with Gasteiger partial charge in [0.05, 0.1) is 9.73 Å². The quantitative estimate of drug-likeness (QED) is 0.803. The predicted molar refractivity (Wildman–Crippen MR) is 63.2 cm³/mol. The zero-order chi connectivity index (χ0) is 11.6. The second-order valence-electron chi connectivity index (χ2n) is 3.28. The molecule has 7 heteroatoms. The van der Waals surface area contributed by atoms with Gasteiger partial charge in [-0.1, -0.05) is 6.07 Å². The molecule has 0 saturated heterocycles. The first-order valence-electron chi connectivity index (χ1n) is 4.47. The van der Waals surface area contributed by atoms with Crippen LogP contribution in [0.2, 0.25) is 0 Å². The summed E-state index contributed by atoms with van der Waals surface area (Å²) < 4.78 is 19.0. The summed E-state index contributed by atoms with van der Waals surface area (Å²) in [6.07, 6.45) is 2.71. The number of guanidine groups is 1. The van der Waals surface area contributed by atoms with Crippen molar-refractivity contribution < 1.29 is 4.21 Å². The molecule has 0 spiro atoms. The van der Waals surface area contributed by atoms with Crippen molar-refractivity contribution in [2.75, 3.05) is 11.6 Å². The van der Waals surface area contributed by atoms with E-state index in [0.29, 0.717) is 16.5 Å². The molecule has 0 bridgehead atoms. The van der Waals surface area contributed by atoms with Crippen molar-refractivity contribution in [3.63, 3.8) is 0 Å². The SMILES string of the molecule is CS(=N)(=O)c1cccc(NC2=NN=C[N]2)c1. The van der Waals surface area contributed by atoms with Crippen molar-refractivity contribution >= 4 is 27.7 Å². The van der Waals surface area contributed by atoms with E-state index < -0.39 is 9.73 Å². The molecule has 0 fully saturated rings. The molecule has 1 heterocycles. The van der Waals surface area contributed by atoms with Gasteiger partial charge in [-0.05, 0) is 18.2 Å². The van der Waals surface area contributed by atoms with Crippen LogP contribution >= 0.6 is 0 Å². The average molecular weight is 236 g/mol. The Bertz CT molecular complexity index is 561. The molecule has 2 N–H and O–H groups in total. The molecule has 83 valence electrons. The summed E-state index contributed by atoms with van der Waals surface area (Å²) in [5.41, 5.74) is 0.687. The molecule has 1 aliphatic rings. The minimum atomic E-state index is -2.70. The number of nitrogens with zero attached hydrogens (tertiary/aromatic N) is 3. The van der Waals surface area contributed by atoms with Crippen LogP contribution < -0.4 is 10.6 Å². The van der Waals surface area contributed by atoms with Gasteiger partial charge in [0.15, 0.2) is 0 Å². The molecular formula is C9H10N5OS. The van der Waals surface area contributed by atoms with Crippen LogP contribution in [0, 0.1) is 4.78 Å². The molecule has 0 amide bonds. The highest BCUT2D eigenvalue weighted by molar-refractivity contribution is 7.91. The molecule has 0 aromatic heterocycles. The Hall–Kier alpha value is -1.89. The highest BCUT2D eigenvalue weighted by Crippen LogP contribution is 2.15. The summed E-state index contributed by atoms with van der Waals surface area (Å²) in [5, 5.41) is 14.0. The van der Waals surface area contributed by atoms with Crippen LogP contribution in [0.3, 0.4) is 0 Å². The van der Waals surface area contributed by atoms with Gasteiger partial charge in [-0.3, -0.25) is 0 Å². The minimum Gasteiger partial charge on any atom is -0.323 e. The van der Waals surface area contributed by atoms with E-state index in [1.54, 1.807) is 24.3 Å². The van der Waals surface area contributed by atoms with Gasteiger partial charge in [0.1, 0.15) is 6.34 Å². The van der Waals surface area contributed by atoms with Gasteiger partial charge >= 0.3 is 0 Å². The van der Waals surface area contributed by atoms with Crippen LogP contribution in [0.5, 0.6) is 0 Å². The molecule has 2 rings (SSSR count). The van der Waals surface area contributed by atoms with Crippen molar-refractivity contribution in [3.8, 4) is 0 Å². The van der Waals surface area contributed by atoms with Gasteiger partial charge in [-0.25, -0.2) is 8.99 Å². The number of hydrogen-bond donors (Lipinski definition) is 2. The molecule has 1 aromatic rings. The maximum atomic E-state index is 11.5. The van der Waals surface area contributed by atoms with Crippen molar-refractivity contribution in [1.29, 1.82) is 4.78 Å². The molecule has 0 aliphatic carbocycles. The van der Waals surface area contributed by atoms with Gasteiger partial charge in [-0.2, -0.15) is 5.32 Å². The second kappa shape index (κ2) is 3.93. The number of nitrogens with one attached hydrogen (secondary N) is 2. The summed E-state index contributed by atoms with van der Waals surface area (Å²) in [4.78, 5) is 0.469. The first-order chi connectivity index (χ1) is 7.55. The lowest BCUT2D eigenvalue weighted by Crippen LogP contribution is -2.19. The molecule has 1 aromatic carbocycles. The molecular weight excluding hydrogens is 226 g/mol. The van der Waals surface area contributed by atoms with Crippen LogP contribution in [-0.4, -0.2) is 22.8 Å². The van der Waals surface area contributed by atoms with E-state index in [1.807, 2.05) is 0 Å². The maximum absolute atomic E-state index is 11.5. The van der Waals surface area contributed by atoms with Gasteiger partial charge in [0.25, 0.3) is 0 Å². The van der Waals surface area contributed by atoms with E-state index in [2.05, 4.69) is 20.8 Å². The average Bonchev–Trinajstić information content (AvgIpc) is 2.70. The Morgan fingerprint density at radius 2 is 2.25 bits per heavy atom. The monoisotopic (exact) mass is 236 g/mol. The summed E-state index contributed by atoms with van der Waals surface area (Å²) in [5.74, 6) is 0.379. The number of rotatable bonds is 2. The fraction of sp³-hybridized carbons (Fsp3) is 0.111. The molecule has 1 radical (unpaired) electrons. The zero-order valence-corrected chi connectivity index (χ0v) is 9.36. The molecule has 1 unspecified atom stereocenters. The first kappa shape index (κ1) is 10.6. The van der Waals surface area contributed by atoms with E-state index in [0.717, 1.165) is 0 Å². The van der Waals surface area contributed by atoms with Crippen molar-refractivity contribution in [2.24, 2.45) is 10.2 Å². The third-order valence-electron chi connectivity index (χ3n) is 1.92. The summed E-state index contributed by atoms with van der Waals surface area (Å²) in [7, 11) is -2.70. The van der Waals surface area contributed by atoms with Crippen LogP contribution in [0.15, 0.2) is 39.4 Å². The Morgan fingerprint density at radius 1 is 1.44 bits per heavy atom. The van der Waals surface area contributed by atoms with Gasteiger partial charge in [0.2, 0.25) is 5.96 Å². The van der Waals surface area contributed by atoms with Crippen molar-refractivity contribution in [1.82, 2.24) is 5.32 Å². The Balaban J connectivity index is 2.23. The molecule has 1 aliphatic heterocycles. The molecule has 6 nitrogen and oxygen atoms in total. The molecule has 16 heavy (non-hydrogen) atoms. The fourth-order valence-electron chi connectivity index (χ4n) is 1.19. The number of hydrogen-bond acceptors (Lipinski definition) is 5. The zero-order valence-electron chi connectivity index (χ0n) is 8.54. The van der Waals surface area contributed by atoms with Crippen LogP contribution in [0.1, 0.15) is 0 Å². The standard InChI is InChI=1S/C9H10N5OS/c1-16(10,15)8-4-2-3-7(5-8)13-9-11-6-12-14-9/h2-6,10H,1H3,(H,13,14). The van der Waals surface area contributed by atoms with Gasteiger partial charge in [-0.15, -0.1) is 10.2 Å². The van der Waals surface area contributed by atoms with E-state index in [1.165, 1.54) is 12.6 Å². The molecule has 1 atom stereocenters. The Kier molecular flexibility index (Phi) is 2.61. The third kappa shape index (κ3) is 2.37.